The molecular weight excluding hydrogens is 616 g/mol. The van der Waals surface area contributed by atoms with Crippen molar-refractivity contribution in [1.29, 1.82) is 0 Å². The summed E-state index contributed by atoms with van der Waals surface area (Å²) in [6, 6.07) is 6.59. The number of carbonyl (C=O) groups excluding carboxylic acids is 6. The van der Waals surface area contributed by atoms with Crippen molar-refractivity contribution in [3.8, 4) is 0 Å². The van der Waals surface area contributed by atoms with Gasteiger partial charge in [0.15, 0.2) is 5.72 Å². The van der Waals surface area contributed by atoms with Crippen LogP contribution in [0.2, 0.25) is 0 Å². The van der Waals surface area contributed by atoms with Gasteiger partial charge in [0.2, 0.25) is 29.3 Å². The highest BCUT2D eigenvalue weighted by atomic mass is 32.2. The molecular formula is C31H34N6O8S. The third kappa shape index (κ3) is 3.93. The lowest BCUT2D eigenvalue weighted by Crippen LogP contribution is -2.71. The molecule has 15 heteroatoms. The molecule has 4 saturated heterocycles. The second-order valence-electron chi connectivity index (χ2n) is 12.9. The van der Waals surface area contributed by atoms with Crippen molar-refractivity contribution < 1.29 is 38.2 Å². The number of ether oxygens (including phenoxy) is 2. The van der Waals surface area contributed by atoms with Crippen molar-refractivity contribution >= 4 is 47.1 Å². The highest BCUT2D eigenvalue weighted by Crippen LogP contribution is 2.61. The first kappa shape index (κ1) is 30.3. The number of nitrogens with one attached hydrogen (secondary N) is 1. The molecule has 0 radical (unpaired) electrons. The number of piperazine rings is 1. The quantitative estimate of drug-likeness (QED) is 0.193. The Morgan fingerprint density at radius 1 is 1.11 bits per heavy atom. The van der Waals surface area contributed by atoms with Crippen molar-refractivity contribution in [3.63, 3.8) is 0 Å². The van der Waals surface area contributed by atoms with E-state index in [0.717, 1.165) is 5.56 Å². The molecule has 1 aromatic rings. The number of hydrogen-bond donors (Lipinski definition) is 3. The summed E-state index contributed by atoms with van der Waals surface area (Å²) in [6.45, 7) is 5.06. The number of methoxy groups -OCH3 is 1. The van der Waals surface area contributed by atoms with Gasteiger partial charge in [0, 0.05) is 29.5 Å². The minimum atomic E-state index is -1.42. The molecule has 7 rings (SSSR count). The van der Waals surface area contributed by atoms with Crippen molar-refractivity contribution in [1.82, 2.24) is 20.0 Å². The molecule has 0 bridgehead atoms. The number of carbonyl (C=O) groups is 6. The maximum absolute atomic E-state index is 14.4. The third-order valence-corrected chi connectivity index (χ3v) is 11.7. The molecule has 7 atom stereocenters. The van der Waals surface area contributed by atoms with E-state index in [4.69, 9.17) is 20.9 Å². The van der Waals surface area contributed by atoms with Crippen LogP contribution >= 0.6 is 11.8 Å². The van der Waals surface area contributed by atoms with Gasteiger partial charge < -0.3 is 41.0 Å². The summed E-state index contributed by atoms with van der Waals surface area (Å²) in [5, 5.41) is 2.43. The molecule has 0 unspecified atom stereocenters. The van der Waals surface area contributed by atoms with Crippen LogP contribution in [0.3, 0.4) is 0 Å². The van der Waals surface area contributed by atoms with Gasteiger partial charge in [-0.3, -0.25) is 24.0 Å². The number of amides is 4. The number of hydrogen-bond acceptors (Lipinski definition) is 11. The molecule has 14 nitrogen and oxygen atoms in total. The van der Waals surface area contributed by atoms with Gasteiger partial charge in [-0.25, -0.2) is 4.79 Å². The first-order chi connectivity index (χ1) is 21.8. The standard InChI is InChI=1S/C31H34N6O8S/c1-13-19(32)23(40)18-15(12-45-29(33)43)31(44-4)24-16(11-35(31)21(18)22(13)39)36(24)27(42)25-30(2,3)46-28-20(26(41)37(25)28)34-17(38)10-14-8-6-5-7-9-14/h5-9,15-16,20,24-25,28H,10-12,32H2,1-4H3,(H2,33,43)(H,34,38)/t15-,16+,20-,24+,25+,28-,31-,36?/m1/s1. The summed E-state index contributed by atoms with van der Waals surface area (Å²) < 4.78 is 10.6. The van der Waals surface area contributed by atoms with Gasteiger partial charge in [-0.05, 0) is 26.3 Å². The first-order valence-electron chi connectivity index (χ1n) is 15.0. The van der Waals surface area contributed by atoms with Gasteiger partial charge in [0.25, 0.3) is 0 Å². The second kappa shape index (κ2) is 10.1. The molecule has 1 aromatic carbocycles. The lowest BCUT2D eigenvalue weighted by Gasteiger charge is -2.45. The molecule has 1 aliphatic carbocycles. The number of β-lactam (4-membered cyclic amide) rings is 1. The maximum Gasteiger partial charge on any atom is 0.404 e. The Morgan fingerprint density at radius 3 is 2.46 bits per heavy atom. The van der Waals surface area contributed by atoms with E-state index in [1.165, 1.54) is 25.8 Å². The average molecular weight is 651 g/mol. The van der Waals surface area contributed by atoms with Crippen LogP contribution in [0.25, 0.3) is 0 Å². The lowest BCUT2D eigenvalue weighted by molar-refractivity contribution is -0.163. The zero-order valence-corrected chi connectivity index (χ0v) is 26.5. The van der Waals surface area contributed by atoms with Crippen molar-refractivity contribution in [3.05, 3.63) is 58.4 Å². The largest absolute Gasteiger partial charge is 0.449 e. The molecule has 0 aromatic heterocycles. The number of fused-ring (bicyclic) bond motifs is 5. The van der Waals surface area contributed by atoms with Crippen LogP contribution < -0.4 is 16.8 Å². The monoisotopic (exact) mass is 650 g/mol. The number of nitrogens with two attached hydrogens (primary N) is 2. The van der Waals surface area contributed by atoms with Crippen LogP contribution in [0.1, 0.15) is 26.3 Å². The molecule has 4 amide bonds. The second-order valence-corrected chi connectivity index (χ2v) is 14.7. The summed E-state index contributed by atoms with van der Waals surface area (Å²) in [5.41, 5.74) is 10.8. The smallest absolute Gasteiger partial charge is 0.404 e. The first-order valence-corrected chi connectivity index (χ1v) is 15.8. The Bertz CT molecular complexity index is 1690. The Hall–Kier alpha value is -4.37. The molecule has 0 saturated carbocycles. The molecule has 5 heterocycles. The summed E-state index contributed by atoms with van der Waals surface area (Å²) in [5.74, 6) is -2.89. The van der Waals surface area contributed by atoms with Crippen molar-refractivity contribution in [2.24, 2.45) is 17.4 Å². The summed E-state index contributed by atoms with van der Waals surface area (Å²) in [6.07, 6.45) is -0.943. The third-order valence-electron chi connectivity index (χ3n) is 10.1. The highest BCUT2D eigenvalue weighted by molar-refractivity contribution is 8.01. The van der Waals surface area contributed by atoms with Gasteiger partial charge in [0.05, 0.1) is 29.8 Å². The summed E-state index contributed by atoms with van der Waals surface area (Å²) in [7, 11) is 1.41. The molecule has 242 valence electrons. The van der Waals surface area contributed by atoms with Gasteiger partial charge in [-0.2, -0.15) is 0 Å². The molecule has 5 aliphatic heterocycles. The fourth-order valence-corrected chi connectivity index (χ4v) is 9.70. The molecule has 4 fully saturated rings. The number of benzene rings is 1. The Kier molecular flexibility index (Phi) is 6.63. The Labute approximate surface area is 268 Å². The highest BCUT2D eigenvalue weighted by Gasteiger charge is 2.79. The van der Waals surface area contributed by atoms with E-state index in [1.807, 2.05) is 44.2 Å². The van der Waals surface area contributed by atoms with Gasteiger partial charge in [0.1, 0.15) is 30.1 Å². The average Bonchev–Trinajstić information content (AvgIpc) is 3.40. The van der Waals surface area contributed by atoms with E-state index < -0.39 is 63.6 Å². The molecule has 46 heavy (non-hydrogen) atoms. The fourth-order valence-electron chi connectivity index (χ4n) is 8.07. The van der Waals surface area contributed by atoms with E-state index in [1.54, 1.807) is 14.7 Å². The number of primary amides is 1. The zero-order valence-electron chi connectivity index (χ0n) is 25.6. The van der Waals surface area contributed by atoms with Gasteiger partial charge in [-0.1, -0.05) is 30.3 Å². The number of ketones is 2. The normalized spacial score (nSPS) is 33.4. The summed E-state index contributed by atoms with van der Waals surface area (Å²) in [4.78, 5) is 84.1. The van der Waals surface area contributed by atoms with Crippen LogP contribution in [-0.4, -0.2) is 110 Å². The van der Waals surface area contributed by atoms with E-state index in [2.05, 4.69) is 5.32 Å². The van der Waals surface area contributed by atoms with Gasteiger partial charge >= 0.3 is 6.09 Å². The zero-order chi connectivity index (χ0) is 33.0. The summed E-state index contributed by atoms with van der Waals surface area (Å²) >= 11 is 1.45. The van der Waals surface area contributed by atoms with Gasteiger partial charge in [-0.15, -0.1) is 11.8 Å². The minimum Gasteiger partial charge on any atom is -0.449 e. The van der Waals surface area contributed by atoms with Crippen LogP contribution in [0.4, 0.5) is 4.79 Å². The van der Waals surface area contributed by atoms with Crippen LogP contribution in [0, 0.1) is 5.92 Å². The maximum atomic E-state index is 14.4. The number of thioether (sulfide) groups is 1. The molecule has 6 aliphatic rings. The lowest BCUT2D eigenvalue weighted by atomic mass is 9.82. The minimum absolute atomic E-state index is 0.0674. The van der Waals surface area contributed by atoms with Crippen LogP contribution in [-0.2, 0) is 39.9 Å². The van der Waals surface area contributed by atoms with E-state index in [9.17, 15) is 28.8 Å². The number of Topliss-reactive ketones (excluding diaryl/α,β-unsaturated/α-hetero) is 2. The predicted molar refractivity (Wildman–Crippen MR) is 162 cm³/mol. The Balaban J connectivity index is 1.13. The SMILES string of the molecule is CO[C@@]12[C@H](COC(N)=O)C3=C(C(=O)C(C)=C(N)C3=O)N1C[C@H]1[C@@H]2N1C(=O)[C@@H]1N2C(=O)[C@@H](NC(=O)Cc3ccccc3)[C@H]2SC1(C)C. The van der Waals surface area contributed by atoms with E-state index >= 15 is 0 Å². The predicted octanol–water partition coefficient (Wildman–Crippen LogP) is -0.622. The van der Waals surface area contributed by atoms with Crippen molar-refractivity contribution in [2.75, 3.05) is 20.3 Å². The molecule has 0 spiro atoms. The van der Waals surface area contributed by atoms with E-state index in [0.29, 0.717) is 0 Å². The molecule has 5 N–H and O–H groups in total. The fraction of sp³-hybridized carbons (Fsp3) is 0.484. The van der Waals surface area contributed by atoms with Crippen molar-refractivity contribution in [2.45, 2.75) is 67.2 Å². The van der Waals surface area contributed by atoms with Crippen LogP contribution in [0.15, 0.2) is 52.9 Å². The topological polar surface area (TPSA) is 194 Å². The van der Waals surface area contributed by atoms with E-state index in [-0.39, 0.29) is 59.8 Å². The Morgan fingerprint density at radius 2 is 1.80 bits per heavy atom. The van der Waals surface area contributed by atoms with Crippen LogP contribution in [0.5, 0.6) is 0 Å². The number of allylic oxidation sites excluding steroid dienone is 2. The number of rotatable bonds is 7. The number of nitrogens with zero attached hydrogens (tertiary/aromatic N) is 3.